The fraction of sp³-hybridized carbons (Fsp3) is 0.625. The first-order chi connectivity index (χ1) is 19.3. The highest BCUT2D eigenvalue weighted by Gasteiger charge is 2.78. The summed E-state index contributed by atoms with van der Waals surface area (Å²) in [5.41, 5.74) is -2.09. The van der Waals surface area contributed by atoms with Crippen molar-refractivity contribution in [2.24, 2.45) is 17.3 Å². The highest BCUT2D eigenvalue weighted by Crippen LogP contribution is 2.67. The molecule has 3 aliphatic rings. The fourth-order valence-electron chi connectivity index (χ4n) is 7.26. The lowest BCUT2D eigenvalue weighted by Crippen LogP contribution is -2.74. The fourth-order valence-corrected chi connectivity index (χ4v) is 7.26. The van der Waals surface area contributed by atoms with E-state index in [-0.39, 0.29) is 24.9 Å². The minimum absolute atomic E-state index is 0.0171. The lowest BCUT2D eigenvalue weighted by atomic mass is 9.49. The molecule has 1 aromatic carbocycles. The molecule has 41 heavy (non-hydrogen) atoms. The lowest BCUT2D eigenvalue weighted by Gasteiger charge is -2.62. The SMILES string of the molecule is CCCC(=O)O[C@H]1C[C@@H](C)[C@@]23C[C@@H](C[C@H](OC(=O)/C=C\c4ccccc4)[C@]2(COC(C)=O)[C@@H]1OC(C)=O)C(C)(C)O3. The molecule has 0 radical (unpaired) electrons. The van der Waals surface area contributed by atoms with Gasteiger partial charge in [-0.15, -0.1) is 0 Å². The Hall–Kier alpha value is -3.20. The molecule has 2 aliphatic carbocycles. The van der Waals surface area contributed by atoms with E-state index in [0.29, 0.717) is 25.7 Å². The summed E-state index contributed by atoms with van der Waals surface area (Å²) in [5.74, 6) is -2.33. The molecule has 2 bridgehead atoms. The molecule has 2 saturated carbocycles. The van der Waals surface area contributed by atoms with E-state index in [2.05, 4.69) is 0 Å². The van der Waals surface area contributed by atoms with Gasteiger partial charge in [0.05, 0.1) is 11.2 Å². The number of ether oxygens (including phenoxy) is 5. The number of rotatable bonds is 9. The summed E-state index contributed by atoms with van der Waals surface area (Å²) in [5, 5.41) is 0. The van der Waals surface area contributed by atoms with Gasteiger partial charge in [-0.3, -0.25) is 14.4 Å². The third kappa shape index (κ3) is 5.92. The molecule has 0 unspecified atom stereocenters. The van der Waals surface area contributed by atoms with Gasteiger partial charge in [-0.25, -0.2) is 4.79 Å². The van der Waals surface area contributed by atoms with E-state index in [1.807, 2.05) is 58.0 Å². The van der Waals surface area contributed by atoms with Crippen LogP contribution in [-0.2, 0) is 42.9 Å². The first-order valence-corrected chi connectivity index (χ1v) is 14.5. The van der Waals surface area contributed by atoms with E-state index in [1.165, 1.54) is 19.9 Å². The van der Waals surface area contributed by atoms with Crippen LogP contribution >= 0.6 is 0 Å². The number of carbonyl (C=O) groups is 4. The zero-order chi connectivity index (χ0) is 30.0. The summed E-state index contributed by atoms with van der Waals surface area (Å²) in [4.78, 5) is 50.9. The maximum atomic E-state index is 13.3. The summed E-state index contributed by atoms with van der Waals surface area (Å²) < 4.78 is 30.8. The third-order valence-corrected chi connectivity index (χ3v) is 9.08. The second-order valence-corrected chi connectivity index (χ2v) is 12.2. The quantitative estimate of drug-likeness (QED) is 0.235. The van der Waals surface area contributed by atoms with Gasteiger partial charge in [0.25, 0.3) is 0 Å². The lowest BCUT2D eigenvalue weighted by molar-refractivity contribution is -0.300. The van der Waals surface area contributed by atoms with Crippen molar-refractivity contribution >= 4 is 30.0 Å². The van der Waals surface area contributed by atoms with Crippen LogP contribution in [-0.4, -0.2) is 60.0 Å². The Kier molecular flexibility index (Phi) is 8.97. The summed E-state index contributed by atoms with van der Waals surface area (Å²) in [6.45, 7) is 10.2. The minimum Gasteiger partial charge on any atom is -0.465 e. The van der Waals surface area contributed by atoms with E-state index in [9.17, 15) is 19.2 Å². The maximum absolute atomic E-state index is 13.3. The average Bonchev–Trinajstić information content (AvgIpc) is 3.13. The van der Waals surface area contributed by atoms with Crippen molar-refractivity contribution in [1.29, 1.82) is 0 Å². The first-order valence-electron chi connectivity index (χ1n) is 14.5. The van der Waals surface area contributed by atoms with Crippen molar-refractivity contribution in [2.45, 2.75) is 103 Å². The highest BCUT2D eigenvalue weighted by atomic mass is 16.6. The van der Waals surface area contributed by atoms with Gasteiger partial charge in [-0.2, -0.15) is 0 Å². The molecule has 0 amide bonds. The van der Waals surface area contributed by atoms with Crippen molar-refractivity contribution in [2.75, 3.05) is 6.61 Å². The Balaban J connectivity index is 1.83. The zero-order valence-electron chi connectivity index (χ0n) is 24.8. The third-order valence-electron chi connectivity index (χ3n) is 9.08. The predicted molar refractivity (Wildman–Crippen MR) is 149 cm³/mol. The number of fused-ring (bicyclic) bond motifs is 1. The first kappa shape index (κ1) is 30.8. The Bertz CT molecular complexity index is 1170. The van der Waals surface area contributed by atoms with Gasteiger partial charge in [-0.05, 0) is 63.0 Å². The Morgan fingerprint density at radius 3 is 2.34 bits per heavy atom. The molecule has 0 aromatic heterocycles. The Labute approximate surface area is 241 Å². The number of esters is 4. The standard InChI is InChI=1S/C32H42O9/c1-7-11-27(35)39-25-16-20(2)32-18-24(30(5,6)41-32)17-26(40-28(36)15-14-23-12-9-8-10-13-23)31(32,19-37-21(3)33)29(25)38-22(4)34/h8-10,12-15,20,24-26,29H,7,11,16-19H2,1-6H3/b15-14-/t20-,24-,25+,26+,29-,31-,32+/m1/s1. The Morgan fingerprint density at radius 2 is 1.71 bits per heavy atom. The molecular weight excluding hydrogens is 528 g/mol. The second-order valence-electron chi connectivity index (χ2n) is 12.2. The van der Waals surface area contributed by atoms with Crippen LogP contribution in [0.5, 0.6) is 0 Å². The van der Waals surface area contributed by atoms with Crippen molar-refractivity contribution in [1.82, 2.24) is 0 Å². The molecule has 9 nitrogen and oxygen atoms in total. The molecular formula is C32H42O9. The van der Waals surface area contributed by atoms with Crippen LogP contribution in [0.2, 0.25) is 0 Å². The molecule has 224 valence electrons. The normalized spacial score (nSPS) is 33.5. The number of carbonyl (C=O) groups excluding carboxylic acids is 4. The van der Waals surface area contributed by atoms with E-state index in [0.717, 1.165) is 5.56 Å². The van der Waals surface area contributed by atoms with Crippen molar-refractivity contribution in [3.05, 3.63) is 42.0 Å². The average molecular weight is 571 g/mol. The Morgan fingerprint density at radius 1 is 1.00 bits per heavy atom. The number of hydrogen-bond acceptors (Lipinski definition) is 9. The summed E-state index contributed by atoms with van der Waals surface area (Å²) in [7, 11) is 0. The van der Waals surface area contributed by atoms with Crippen molar-refractivity contribution < 1.29 is 42.9 Å². The molecule has 1 aliphatic heterocycles. The summed E-state index contributed by atoms with van der Waals surface area (Å²) >= 11 is 0. The van der Waals surface area contributed by atoms with Gasteiger partial charge >= 0.3 is 23.9 Å². The number of hydrogen-bond donors (Lipinski definition) is 0. The molecule has 1 heterocycles. The largest absolute Gasteiger partial charge is 0.465 e. The van der Waals surface area contributed by atoms with Gasteiger partial charge in [0.2, 0.25) is 0 Å². The highest BCUT2D eigenvalue weighted by molar-refractivity contribution is 5.87. The van der Waals surface area contributed by atoms with Crippen LogP contribution in [0.4, 0.5) is 0 Å². The topological polar surface area (TPSA) is 114 Å². The zero-order valence-corrected chi connectivity index (χ0v) is 24.8. The van der Waals surface area contributed by atoms with Gasteiger partial charge in [-0.1, -0.05) is 44.2 Å². The molecule has 7 atom stereocenters. The van der Waals surface area contributed by atoms with Crippen LogP contribution in [0.1, 0.15) is 79.2 Å². The smallest absolute Gasteiger partial charge is 0.331 e. The second kappa shape index (κ2) is 12.0. The van der Waals surface area contributed by atoms with E-state index in [1.54, 1.807) is 6.08 Å². The van der Waals surface area contributed by atoms with Crippen molar-refractivity contribution in [3.8, 4) is 0 Å². The van der Waals surface area contributed by atoms with E-state index in [4.69, 9.17) is 23.7 Å². The molecule has 9 heteroatoms. The molecule has 1 aromatic rings. The van der Waals surface area contributed by atoms with Gasteiger partial charge in [0.1, 0.15) is 24.2 Å². The molecule has 0 N–H and O–H groups in total. The van der Waals surface area contributed by atoms with Gasteiger partial charge in [0, 0.05) is 26.3 Å². The summed E-state index contributed by atoms with van der Waals surface area (Å²) in [6, 6.07) is 9.36. The van der Waals surface area contributed by atoms with E-state index < -0.39 is 58.8 Å². The molecule has 1 saturated heterocycles. The van der Waals surface area contributed by atoms with Crippen molar-refractivity contribution in [3.63, 3.8) is 0 Å². The molecule has 3 fully saturated rings. The van der Waals surface area contributed by atoms with Crippen LogP contribution < -0.4 is 0 Å². The maximum Gasteiger partial charge on any atom is 0.331 e. The van der Waals surface area contributed by atoms with Gasteiger partial charge < -0.3 is 23.7 Å². The van der Waals surface area contributed by atoms with Crippen LogP contribution in [0.15, 0.2) is 36.4 Å². The minimum atomic E-state index is -1.33. The summed E-state index contributed by atoms with van der Waals surface area (Å²) in [6.07, 6.45) is 2.36. The number of benzene rings is 1. The monoisotopic (exact) mass is 570 g/mol. The van der Waals surface area contributed by atoms with E-state index >= 15 is 0 Å². The molecule has 1 spiro atoms. The van der Waals surface area contributed by atoms with Crippen LogP contribution in [0.25, 0.3) is 6.08 Å². The van der Waals surface area contributed by atoms with Crippen LogP contribution in [0, 0.1) is 17.3 Å². The molecule has 4 rings (SSSR count). The predicted octanol–water partition coefficient (Wildman–Crippen LogP) is 4.80. The van der Waals surface area contributed by atoms with Crippen LogP contribution in [0.3, 0.4) is 0 Å². The van der Waals surface area contributed by atoms with Gasteiger partial charge in [0.15, 0.2) is 6.10 Å².